The Labute approximate surface area is 94.2 Å². The summed E-state index contributed by atoms with van der Waals surface area (Å²) in [7, 11) is 0. The van der Waals surface area contributed by atoms with Gasteiger partial charge in [-0.15, -0.1) is 0 Å². The molecule has 15 heavy (non-hydrogen) atoms. The number of hydrogen-bond acceptors (Lipinski definition) is 5. The Morgan fingerprint density at radius 1 is 1.53 bits per heavy atom. The molecule has 1 aromatic rings. The normalized spacial score (nSPS) is 17.7. The highest BCUT2D eigenvalue weighted by Gasteiger charge is 2.35. The van der Waals surface area contributed by atoms with Crippen molar-refractivity contribution in [3.63, 3.8) is 0 Å². The fraction of sp³-hybridized carbons (Fsp3) is 0.800. The number of nitrogens with zero attached hydrogens (tertiary/aromatic N) is 2. The van der Waals surface area contributed by atoms with Gasteiger partial charge in [0.1, 0.15) is 6.10 Å². The van der Waals surface area contributed by atoms with E-state index in [2.05, 4.69) is 21.6 Å². The van der Waals surface area contributed by atoms with Gasteiger partial charge in [0.25, 0.3) is 0 Å². The summed E-state index contributed by atoms with van der Waals surface area (Å²) in [5, 5.41) is 4.07. The van der Waals surface area contributed by atoms with Crippen molar-refractivity contribution in [2.24, 2.45) is 5.92 Å². The monoisotopic (exact) mass is 227 g/mol. The lowest BCUT2D eigenvalue weighted by Gasteiger charge is -2.11. The summed E-state index contributed by atoms with van der Waals surface area (Å²) in [6.45, 7) is 5.70. The number of hydrogen-bond donors (Lipinski definition) is 1. The van der Waals surface area contributed by atoms with Crippen LogP contribution in [0.2, 0.25) is 0 Å². The highest BCUT2D eigenvalue weighted by molar-refractivity contribution is 7.09. The van der Waals surface area contributed by atoms with Crippen molar-refractivity contribution < 1.29 is 4.74 Å². The maximum Gasteiger partial charge on any atom is 0.202 e. The van der Waals surface area contributed by atoms with Gasteiger partial charge >= 0.3 is 0 Å². The Kier molecular flexibility index (Phi) is 3.53. The van der Waals surface area contributed by atoms with E-state index in [-0.39, 0.29) is 6.10 Å². The zero-order chi connectivity index (χ0) is 10.7. The molecule has 1 heterocycles. The van der Waals surface area contributed by atoms with E-state index in [9.17, 15) is 0 Å². The van der Waals surface area contributed by atoms with Gasteiger partial charge in [-0.25, -0.2) is 4.98 Å². The third-order valence-electron chi connectivity index (χ3n) is 2.42. The number of anilines is 1. The molecule has 0 bridgehead atoms. The summed E-state index contributed by atoms with van der Waals surface area (Å²) in [6.07, 6.45) is 2.62. The minimum atomic E-state index is 0.124. The SMILES string of the molecule is CCNc1nc(C(OCC)C2CC2)ns1. The molecule has 0 saturated heterocycles. The second kappa shape index (κ2) is 4.90. The van der Waals surface area contributed by atoms with Crippen LogP contribution in [0.5, 0.6) is 0 Å². The van der Waals surface area contributed by atoms with Crippen molar-refractivity contribution >= 4 is 16.7 Å². The Bertz CT molecular complexity index is 311. The molecular formula is C10H17N3OS. The van der Waals surface area contributed by atoms with Gasteiger partial charge in [0.2, 0.25) is 5.13 Å². The van der Waals surface area contributed by atoms with Crippen LogP contribution >= 0.6 is 11.5 Å². The van der Waals surface area contributed by atoms with Crippen LogP contribution < -0.4 is 5.32 Å². The maximum absolute atomic E-state index is 5.70. The van der Waals surface area contributed by atoms with Crippen molar-refractivity contribution in [1.29, 1.82) is 0 Å². The molecule has 1 fully saturated rings. The van der Waals surface area contributed by atoms with Crippen LogP contribution in [0, 0.1) is 5.92 Å². The minimum Gasteiger partial charge on any atom is -0.370 e. The third-order valence-corrected chi connectivity index (χ3v) is 3.11. The number of ether oxygens (including phenoxy) is 1. The Hall–Kier alpha value is -0.680. The second-order valence-corrected chi connectivity index (χ2v) is 4.45. The highest BCUT2D eigenvalue weighted by atomic mass is 32.1. The summed E-state index contributed by atoms with van der Waals surface area (Å²) < 4.78 is 10.1. The molecule has 1 aliphatic rings. The van der Waals surface area contributed by atoms with Gasteiger partial charge in [0, 0.05) is 24.7 Å². The van der Waals surface area contributed by atoms with E-state index in [1.807, 2.05) is 6.92 Å². The van der Waals surface area contributed by atoms with E-state index in [0.717, 1.165) is 24.1 Å². The van der Waals surface area contributed by atoms with Crippen molar-refractivity contribution in [3.8, 4) is 0 Å². The number of aromatic nitrogens is 2. The van der Waals surface area contributed by atoms with Gasteiger partial charge in [-0.3, -0.25) is 0 Å². The lowest BCUT2D eigenvalue weighted by atomic mass is 10.2. The lowest BCUT2D eigenvalue weighted by Crippen LogP contribution is -2.08. The first-order valence-electron chi connectivity index (χ1n) is 5.54. The van der Waals surface area contributed by atoms with Gasteiger partial charge in [0.05, 0.1) is 0 Å². The molecule has 0 amide bonds. The van der Waals surface area contributed by atoms with E-state index in [1.54, 1.807) is 0 Å². The molecule has 0 aromatic carbocycles. The van der Waals surface area contributed by atoms with Gasteiger partial charge in [-0.2, -0.15) is 4.37 Å². The van der Waals surface area contributed by atoms with Crippen LogP contribution in [0.3, 0.4) is 0 Å². The van der Waals surface area contributed by atoms with Crippen LogP contribution in [-0.4, -0.2) is 22.5 Å². The molecule has 1 unspecified atom stereocenters. The van der Waals surface area contributed by atoms with Gasteiger partial charge in [-0.05, 0) is 32.6 Å². The first-order valence-corrected chi connectivity index (χ1v) is 6.31. The minimum absolute atomic E-state index is 0.124. The summed E-state index contributed by atoms with van der Waals surface area (Å²) in [5.41, 5.74) is 0. The van der Waals surface area contributed by atoms with E-state index in [4.69, 9.17) is 4.74 Å². The largest absolute Gasteiger partial charge is 0.370 e. The average Bonchev–Trinajstić information content (AvgIpc) is 2.96. The molecule has 1 aromatic heterocycles. The van der Waals surface area contributed by atoms with Crippen molar-refractivity contribution in [2.45, 2.75) is 32.8 Å². The van der Waals surface area contributed by atoms with Crippen LogP contribution in [0.15, 0.2) is 0 Å². The summed E-state index contributed by atoms with van der Waals surface area (Å²) in [5.74, 6) is 1.51. The third kappa shape index (κ3) is 2.66. The molecule has 0 aliphatic heterocycles. The molecule has 0 radical (unpaired) electrons. The summed E-state index contributed by atoms with van der Waals surface area (Å²) >= 11 is 1.42. The van der Waals surface area contributed by atoms with Crippen molar-refractivity contribution in [3.05, 3.63) is 5.82 Å². The Balaban J connectivity index is 2.04. The highest BCUT2D eigenvalue weighted by Crippen LogP contribution is 2.42. The number of rotatable bonds is 6. The molecule has 5 heteroatoms. The lowest BCUT2D eigenvalue weighted by molar-refractivity contribution is 0.0409. The standard InChI is InChI=1S/C10H17N3OS/c1-3-11-10-12-9(13-15-10)8(14-4-2)7-5-6-7/h7-8H,3-6H2,1-2H3,(H,11,12,13). The molecule has 1 aliphatic carbocycles. The van der Waals surface area contributed by atoms with Gasteiger partial charge < -0.3 is 10.1 Å². The van der Waals surface area contributed by atoms with Crippen LogP contribution in [0.25, 0.3) is 0 Å². The van der Waals surface area contributed by atoms with E-state index in [0.29, 0.717) is 5.92 Å². The predicted octanol–water partition coefficient (Wildman–Crippen LogP) is 2.46. The molecule has 4 nitrogen and oxygen atoms in total. The predicted molar refractivity (Wildman–Crippen MR) is 61.2 cm³/mol. The topological polar surface area (TPSA) is 47.0 Å². The van der Waals surface area contributed by atoms with E-state index >= 15 is 0 Å². The Morgan fingerprint density at radius 3 is 2.93 bits per heavy atom. The van der Waals surface area contributed by atoms with Crippen LogP contribution in [0.4, 0.5) is 5.13 Å². The first kappa shape index (κ1) is 10.8. The van der Waals surface area contributed by atoms with Crippen molar-refractivity contribution in [1.82, 2.24) is 9.36 Å². The smallest absolute Gasteiger partial charge is 0.202 e. The number of nitrogens with one attached hydrogen (secondary N) is 1. The van der Waals surface area contributed by atoms with Crippen molar-refractivity contribution in [2.75, 3.05) is 18.5 Å². The van der Waals surface area contributed by atoms with Crippen LogP contribution in [0.1, 0.15) is 38.6 Å². The Morgan fingerprint density at radius 2 is 2.33 bits per heavy atom. The first-order chi connectivity index (χ1) is 7.35. The fourth-order valence-electron chi connectivity index (χ4n) is 1.57. The van der Waals surface area contributed by atoms with Gasteiger partial charge in [0.15, 0.2) is 5.82 Å². The molecule has 1 saturated carbocycles. The second-order valence-electron chi connectivity index (χ2n) is 3.70. The zero-order valence-electron chi connectivity index (χ0n) is 9.19. The average molecular weight is 227 g/mol. The van der Waals surface area contributed by atoms with Crippen LogP contribution in [-0.2, 0) is 4.74 Å². The van der Waals surface area contributed by atoms with Gasteiger partial charge in [-0.1, -0.05) is 0 Å². The summed E-state index contributed by atoms with van der Waals surface area (Å²) in [6, 6.07) is 0. The quantitative estimate of drug-likeness (QED) is 0.811. The van der Waals surface area contributed by atoms with E-state index < -0.39 is 0 Å². The molecular weight excluding hydrogens is 210 g/mol. The maximum atomic E-state index is 5.70. The molecule has 84 valence electrons. The zero-order valence-corrected chi connectivity index (χ0v) is 10.0. The van der Waals surface area contributed by atoms with E-state index in [1.165, 1.54) is 24.4 Å². The molecule has 1 N–H and O–H groups in total. The fourth-order valence-corrected chi connectivity index (χ4v) is 2.24. The molecule has 2 rings (SSSR count). The molecule has 0 spiro atoms. The summed E-state index contributed by atoms with van der Waals surface area (Å²) in [4.78, 5) is 4.45. The molecule has 1 atom stereocenters.